The highest BCUT2D eigenvalue weighted by atomic mass is 16.5. The summed E-state index contributed by atoms with van der Waals surface area (Å²) in [7, 11) is 1.90. The minimum absolute atomic E-state index is 0.554. The van der Waals surface area contributed by atoms with Crippen LogP contribution >= 0.6 is 0 Å². The van der Waals surface area contributed by atoms with Crippen LogP contribution in [0.15, 0.2) is 41.1 Å². The van der Waals surface area contributed by atoms with Crippen molar-refractivity contribution in [1.82, 2.24) is 20.2 Å². The number of nitrogens with one attached hydrogen (secondary N) is 1. The first kappa shape index (κ1) is 13.1. The Labute approximate surface area is 128 Å². The summed E-state index contributed by atoms with van der Waals surface area (Å²) < 4.78 is 7.15. The first-order chi connectivity index (χ1) is 10.8. The van der Waals surface area contributed by atoms with Crippen molar-refractivity contribution >= 4 is 5.69 Å². The van der Waals surface area contributed by atoms with Gasteiger partial charge in [0.25, 0.3) is 0 Å². The van der Waals surface area contributed by atoms with E-state index in [0.29, 0.717) is 12.5 Å². The van der Waals surface area contributed by atoms with Gasteiger partial charge >= 0.3 is 0 Å². The molecule has 2 aromatic heterocycles. The fraction of sp³-hybridized carbons (Fsp3) is 0.312. The van der Waals surface area contributed by atoms with Crippen LogP contribution in [-0.4, -0.2) is 27.2 Å². The SMILES string of the molecule is CNc1cccc(-c2cn(Cc3cc(C4CC4)no3)nn2)c1. The third kappa shape index (κ3) is 2.59. The Morgan fingerprint density at radius 1 is 1.32 bits per heavy atom. The third-order valence-corrected chi connectivity index (χ3v) is 3.88. The van der Waals surface area contributed by atoms with Crippen LogP contribution in [0.25, 0.3) is 11.3 Å². The molecule has 0 amide bonds. The van der Waals surface area contributed by atoms with E-state index in [1.165, 1.54) is 12.8 Å². The van der Waals surface area contributed by atoms with Crippen molar-refractivity contribution < 1.29 is 4.52 Å². The molecule has 1 aliphatic rings. The van der Waals surface area contributed by atoms with Gasteiger partial charge in [0.1, 0.15) is 12.2 Å². The Morgan fingerprint density at radius 2 is 2.23 bits per heavy atom. The van der Waals surface area contributed by atoms with Gasteiger partial charge in [-0.3, -0.25) is 0 Å². The second-order valence-electron chi connectivity index (χ2n) is 5.62. The van der Waals surface area contributed by atoms with Gasteiger partial charge in [-0.1, -0.05) is 22.5 Å². The second-order valence-corrected chi connectivity index (χ2v) is 5.62. The van der Waals surface area contributed by atoms with E-state index < -0.39 is 0 Å². The van der Waals surface area contributed by atoms with E-state index in [-0.39, 0.29) is 0 Å². The highest BCUT2D eigenvalue weighted by Gasteiger charge is 2.27. The summed E-state index contributed by atoms with van der Waals surface area (Å²) in [5.41, 5.74) is 4.00. The molecule has 0 bridgehead atoms. The van der Waals surface area contributed by atoms with E-state index in [1.807, 2.05) is 43.6 Å². The molecule has 1 saturated carbocycles. The zero-order chi connectivity index (χ0) is 14.9. The van der Waals surface area contributed by atoms with Crippen molar-refractivity contribution in [1.29, 1.82) is 0 Å². The summed E-state index contributed by atoms with van der Waals surface area (Å²) in [6.45, 7) is 0.554. The maximum Gasteiger partial charge on any atom is 0.158 e. The standard InChI is InChI=1S/C16H17N5O/c1-17-13-4-2-3-12(7-13)16-10-21(20-18-16)9-14-8-15(19-22-14)11-5-6-11/h2-4,7-8,10-11,17H,5-6,9H2,1H3. The van der Waals surface area contributed by atoms with Gasteiger partial charge in [-0.25, -0.2) is 4.68 Å². The van der Waals surface area contributed by atoms with Crippen LogP contribution in [-0.2, 0) is 6.54 Å². The van der Waals surface area contributed by atoms with Crippen molar-refractivity contribution in [3.05, 3.63) is 48.0 Å². The molecule has 1 aromatic carbocycles. The highest BCUT2D eigenvalue weighted by Crippen LogP contribution is 2.39. The average Bonchev–Trinajstić information content (AvgIpc) is 3.12. The molecule has 2 heterocycles. The van der Waals surface area contributed by atoms with Crippen LogP contribution in [0.3, 0.4) is 0 Å². The topological polar surface area (TPSA) is 68.8 Å². The quantitative estimate of drug-likeness (QED) is 0.784. The molecule has 0 spiro atoms. The number of rotatable bonds is 5. The summed E-state index contributed by atoms with van der Waals surface area (Å²) in [5.74, 6) is 1.43. The fourth-order valence-corrected chi connectivity index (χ4v) is 2.48. The molecule has 6 nitrogen and oxygen atoms in total. The molecule has 1 N–H and O–H groups in total. The lowest BCUT2D eigenvalue weighted by molar-refractivity contribution is 0.365. The van der Waals surface area contributed by atoms with Crippen LogP contribution in [0.5, 0.6) is 0 Å². The van der Waals surface area contributed by atoms with Crippen molar-refractivity contribution in [2.75, 3.05) is 12.4 Å². The normalized spacial score (nSPS) is 14.2. The molecule has 6 heteroatoms. The molecule has 3 aromatic rings. The van der Waals surface area contributed by atoms with Gasteiger partial charge in [0.05, 0.1) is 11.9 Å². The van der Waals surface area contributed by atoms with Crippen LogP contribution in [0.1, 0.15) is 30.2 Å². The molecular formula is C16H17N5O. The van der Waals surface area contributed by atoms with E-state index >= 15 is 0 Å². The third-order valence-electron chi connectivity index (χ3n) is 3.88. The molecular weight excluding hydrogens is 278 g/mol. The first-order valence-electron chi connectivity index (χ1n) is 7.45. The van der Waals surface area contributed by atoms with Crippen molar-refractivity contribution in [2.45, 2.75) is 25.3 Å². The fourth-order valence-electron chi connectivity index (χ4n) is 2.48. The van der Waals surface area contributed by atoms with E-state index in [2.05, 4.69) is 20.8 Å². The Morgan fingerprint density at radius 3 is 3.05 bits per heavy atom. The van der Waals surface area contributed by atoms with Gasteiger partial charge in [-0.05, 0) is 25.0 Å². The van der Waals surface area contributed by atoms with Crippen molar-refractivity contribution in [2.24, 2.45) is 0 Å². The van der Waals surface area contributed by atoms with E-state index in [9.17, 15) is 0 Å². The summed E-state index contributed by atoms with van der Waals surface area (Å²) >= 11 is 0. The Kier molecular flexibility index (Phi) is 3.14. The second kappa shape index (κ2) is 5.29. The van der Waals surface area contributed by atoms with Crippen LogP contribution in [0, 0.1) is 0 Å². The van der Waals surface area contributed by atoms with Gasteiger partial charge in [0.2, 0.25) is 0 Å². The van der Waals surface area contributed by atoms with Crippen LogP contribution in [0.4, 0.5) is 5.69 Å². The smallest absolute Gasteiger partial charge is 0.158 e. The Hall–Kier alpha value is -2.63. The van der Waals surface area contributed by atoms with Crippen LogP contribution in [0.2, 0.25) is 0 Å². The zero-order valence-corrected chi connectivity index (χ0v) is 12.4. The molecule has 0 aliphatic heterocycles. The van der Waals surface area contributed by atoms with Gasteiger partial charge in [-0.15, -0.1) is 5.10 Å². The lowest BCUT2D eigenvalue weighted by atomic mass is 10.1. The predicted molar refractivity (Wildman–Crippen MR) is 82.6 cm³/mol. The number of anilines is 1. The number of aromatic nitrogens is 4. The van der Waals surface area contributed by atoms with Crippen LogP contribution < -0.4 is 5.32 Å². The Balaban J connectivity index is 1.52. The molecule has 0 unspecified atom stereocenters. The lowest BCUT2D eigenvalue weighted by Gasteiger charge is -2.01. The van der Waals surface area contributed by atoms with Crippen molar-refractivity contribution in [3.8, 4) is 11.3 Å². The summed E-state index contributed by atoms with van der Waals surface area (Å²) in [6.07, 6.45) is 4.37. The van der Waals surface area contributed by atoms with Crippen molar-refractivity contribution in [3.63, 3.8) is 0 Å². The monoisotopic (exact) mass is 295 g/mol. The van der Waals surface area contributed by atoms with Gasteiger partial charge < -0.3 is 9.84 Å². The first-order valence-corrected chi connectivity index (χ1v) is 7.45. The molecule has 0 radical (unpaired) electrons. The summed E-state index contributed by atoms with van der Waals surface area (Å²) in [6, 6.07) is 10.1. The minimum Gasteiger partial charge on any atom is -0.388 e. The van der Waals surface area contributed by atoms with E-state index in [1.54, 1.807) is 4.68 Å². The molecule has 0 saturated heterocycles. The van der Waals surface area contributed by atoms with Gasteiger partial charge in [0.15, 0.2) is 5.76 Å². The molecule has 1 fully saturated rings. The maximum absolute atomic E-state index is 5.37. The molecule has 22 heavy (non-hydrogen) atoms. The predicted octanol–water partition coefficient (Wildman–Crippen LogP) is 2.90. The number of nitrogens with zero attached hydrogens (tertiary/aromatic N) is 4. The minimum atomic E-state index is 0.554. The van der Waals surface area contributed by atoms with Gasteiger partial charge in [0, 0.05) is 30.3 Å². The molecule has 0 atom stereocenters. The van der Waals surface area contributed by atoms with Gasteiger partial charge in [-0.2, -0.15) is 0 Å². The zero-order valence-electron chi connectivity index (χ0n) is 12.4. The molecule has 1 aliphatic carbocycles. The highest BCUT2D eigenvalue weighted by molar-refractivity contribution is 5.64. The molecule has 4 rings (SSSR count). The Bertz CT molecular complexity index is 787. The molecule has 112 valence electrons. The van der Waals surface area contributed by atoms with E-state index in [0.717, 1.165) is 28.4 Å². The largest absolute Gasteiger partial charge is 0.388 e. The maximum atomic E-state index is 5.37. The average molecular weight is 295 g/mol. The number of hydrogen-bond donors (Lipinski definition) is 1. The lowest BCUT2D eigenvalue weighted by Crippen LogP contribution is -1.98. The summed E-state index contributed by atoms with van der Waals surface area (Å²) in [4.78, 5) is 0. The number of benzene rings is 1. The number of hydrogen-bond acceptors (Lipinski definition) is 5. The van der Waals surface area contributed by atoms with E-state index in [4.69, 9.17) is 4.52 Å². The summed E-state index contributed by atoms with van der Waals surface area (Å²) in [5, 5.41) is 15.6.